The molecule has 1 atom stereocenters. The van der Waals surface area contributed by atoms with Gasteiger partial charge in [0.25, 0.3) is 0 Å². The van der Waals surface area contributed by atoms with Crippen LogP contribution in [0.15, 0.2) is 53.4 Å². The number of carbonyl (C=O) groups excluding carboxylic acids is 1. The third kappa shape index (κ3) is 5.21. The lowest BCUT2D eigenvalue weighted by molar-refractivity contribution is -0.127. The Morgan fingerprint density at radius 3 is 2.03 bits per heavy atom. The molecule has 6 nitrogen and oxygen atoms in total. The molecule has 3 N–H and O–H groups in total. The molecular formula is C22H29ClN2O4S. The predicted octanol–water partition coefficient (Wildman–Crippen LogP) is 3.80. The van der Waals surface area contributed by atoms with Gasteiger partial charge in [0.2, 0.25) is 15.9 Å². The zero-order valence-corrected chi connectivity index (χ0v) is 19.3. The molecule has 0 spiro atoms. The zero-order chi connectivity index (χ0) is 22.7. The topological polar surface area (TPSA) is 101 Å². The molecule has 164 valence electrons. The summed E-state index contributed by atoms with van der Waals surface area (Å²) in [6.45, 7) is 6.72. The number of halogens is 1. The number of hydrogen-bond acceptors (Lipinski definition) is 4. The number of benzene rings is 2. The first-order valence-corrected chi connectivity index (χ1v) is 11.5. The number of primary amides is 1. The Kier molecular flexibility index (Phi) is 7.35. The Hall–Kier alpha value is -1.93. The third-order valence-corrected chi connectivity index (χ3v) is 7.44. The SMILES string of the molecule is CCC[C@](C)(C(N)=O)N(Cc1ccc(C(C)(C)O)cc1)S(=O)(=O)c1ccc(Cl)cc1. The van der Waals surface area contributed by atoms with Crippen molar-refractivity contribution in [3.8, 4) is 0 Å². The van der Waals surface area contributed by atoms with Crippen molar-refractivity contribution in [1.29, 1.82) is 0 Å². The molecule has 0 unspecified atom stereocenters. The van der Waals surface area contributed by atoms with Crippen LogP contribution in [0.5, 0.6) is 0 Å². The normalized spacial score (nSPS) is 14.5. The standard InChI is InChI=1S/C22H29ClN2O4S/c1-5-14-22(4,20(24)26)25(30(28,29)19-12-10-18(23)11-13-19)15-16-6-8-17(9-7-16)21(2,3)27/h6-13,27H,5,14-15H2,1-4H3,(H2,24,26)/t22-/m1/s1. The van der Waals surface area contributed by atoms with E-state index in [0.29, 0.717) is 22.6 Å². The number of amides is 1. The summed E-state index contributed by atoms with van der Waals surface area (Å²) in [6, 6.07) is 12.8. The molecule has 0 aliphatic rings. The molecule has 0 saturated heterocycles. The number of sulfonamides is 1. The van der Waals surface area contributed by atoms with E-state index < -0.39 is 27.1 Å². The Morgan fingerprint density at radius 1 is 1.07 bits per heavy atom. The molecule has 8 heteroatoms. The largest absolute Gasteiger partial charge is 0.386 e. The van der Waals surface area contributed by atoms with E-state index in [0.717, 1.165) is 4.31 Å². The van der Waals surface area contributed by atoms with Crippen LogP contribution in [-0.2, 0) is 27.0 Å². The van der Waals surface area contributed by atoms with Crippen LogP contribution in [0.4, 0.5) is 0 Å². The van der Waals surface area contributed by atoms with Crippen LogP contribution in [0.1, 0.15) is 51.7 Å². The average molecular weight is 453 g/mol. The van der Waals surface area contributed by atoms with Crippen LogP contribution < -0.4 is 5.73 Å². The Bertz CT molecular complexity index is 983. The Morgan fingerprint density at radius 2 is 1.60 bits per heavy atom. The van der Waals surface area contributed by atoms with Crippen LogP contribution in [0.2, 0.25) is 5.02 Å². The molecule has 0 radical (unpaired) electrons. The van der Waals surface area contributed by atoms with Crippen molar-refractivity contribution in [3.63, 3.8) is 0 Å². The van der Waals surface area contributed by atoms with E-state index in [1.807, 2.05) is 6.92 Å². The van der Waals surface area contributed by atoms with Crippen molar-refractivity contribution in [2.45, 2.75) is 63.1 Å². The van der Waals surface area contributed by atoms with Crippen LogP contribution in [0.25, 0.3) is 0 Å². The molecule has 0 saturated carbocycles. The van der Waals surface area contributed by atoms with E-state index in [4.69, 9.17) is 17.3 Å². The summed E-state index contributed by atoms with van der Waals surface area (Å²) in [5, 5.41) is 10.6. The monoisotopic (exact) mass is 452 g/mol. The summed E-state index contributed by atoms with van der Waals surface area (Å²) in [5.41, 5.74) is 4.63. The fourth-order valence-electron chi connectivity index (χ4n) is 3.30. The molecule has 0 bridgehead atoms. The van der Waals surface area contributed by atoms with Gasteiger partial charge in [-0.15, -0.1) is 0 Å². The highest BCUT2D eigenvalue weighted by Crippen LogP contribution is 2.31. The lowest BCUT2D eigenvalue weighted by atomic mass is 9.94. The molecule has 2 rings (SSSR count). The maximum atomic E-state index is 13.5. The second kappa shape index (κ2) is 9.06. The minimum absolute atomic E-state index is 0.0311. The van der Waals surface area contributed by atoms with E-state index >= 15 is 0 Å². The number of aliphatic hydroxyl groups is 1. The summed E-state index contributed by atoms with van der Waals surface area (Å²) in [6.07, 6.45) is 0.848. The number of nitrogens with zero attached hydrogens (tertiary/aromatic N) is 1. The van der Waals surface area contributed by atoms with Crippen molar-refractivity contribution >= 4 is 27.5 Å². The summed E-state index contributed by atoms with van der Waals surface area (Å²) in [7, 11) is -4.05. The van der Waals surface area contributed by atoms with E-state index in [9.17, 15) is 18.3 Å². The summed E-state index contributed by atoms with van der Waals surface area (Å²) < 4.78 is 28.2. The van der Waals surface area contributed by atoms with Crippen molar-refractivity contribution in [3.05, 3.63) is 64.7 Å². The minimum atomic E-state index is -4.05. The van der Waals surface area contributed by atoms with Gasteiger partial charge in [0.05, 0.1) is 10.5 Å². The van der Waals surface area contributed by atoms with Crippen molar-refractivity contribution in [2.75, 3.05) is 0 Å². The molecule has 0 fully saturated rings. The highest BCUT2D eigenvalue weighted by atomic mass is 35.5. The molecule has 30 heavy (non-hydrogen) atoms. The maximum Gasteiger partial charge on any atom is 0.244 e. The summed E-state index contributed by atoms with van der Waals surface area (Å²) in [5.74, 6) is -0.713. The first-order chi connectivity index (χ1) is 13.8. The predicted molar refractivity (Wildman–Crippen MR) is 118 cm³/mol. The van der Waals surface area contributed by atoms with Gasteiger partial charge in [-0.1, -0.05) is 49.2 Å². The van der Waals surface area contributed by atoms with Gasteiger partial charge in [-0.05, 0) is 62.6 Å². The van der Waals surface area contributed by atoms with Gasteiger partial charge in [0, 0.05) is 11.6 Å². The van der Waals surface area contributed by atoms with E-state index in [1.165, 1.54) is 24.3 Å². The lowest BCUT2D eigenvalue weighted by Crippen LogP contribution is -2.57. The van der Waals surface area contributed by atoms with E-state index in [2.05, 4.69) is 0 Å². The van der Waals surface area contributed by atoms with Gasteiger partial charge in [-0.25, -0.2) is 8.42 Å². The third-order valence-electron chi connectivity index (χ3n) is 5.21. The number of carbonyl (C=O) groups is 1. The quantitative estimate of drug-likeness (QED) is 0.604. The number of hydrogen-bond donors (Lipinski definition) is 2. The van der Waals surface area contributed by atoms with Crippen LogP contribution in [0.3, 0.4) is 0 Å². The smallest absolute Gasteiger partial charge is 0.244 e. The first-order valence-electron chi connectivity index (χ1n) is 9.72. The van der Waals surface area contributed by atoms with Gasteiger partial charge < -0.3 is 10.8 Å². The van der Waals surface area contributed by atoms with Gasteiger partial charge in [-0.3, -0.25) is 4.79 Å². The van der Waals surface area contributed by atoms with Crippen molar-refractivity contribution in [1.82, 2.24) is 4.31 Å². The average Bonchev–Trinajstić information content (AvgIpc) is 2.66. The van der Waals surface area contributed by atoms with Gasteiger partial charge >= 0.3 is 0 Å². The van der Waals surface area contributed by atoms with E-state index in [1.54, 1.807) is 45.0 Å². The van der Waals surface area contributed by atoms with Gasteiger partial charge in [0.15, 0.2) is 0 Å². The Balaban J connectivity index is 2.56. The van der Waals surface area contributed by atoms with Crippen LogP contribution in [-0.4, -0.2) is 29.3 Å². The summed E-state index contributed by atoms with van der Waals surface area (Å²) >= 11 is 5.91. The molecule has 0 aromatic heterocycles. The Labute approximate surface area is 183 Å². The molecule has 0 aliphatic carbocycles. The number of rotatable bonds is 9. The van der Waals surface area contributed by atoms with Crippen LogP contribution >= 0.6 is 11.6 Å². The van der Waals surface area contributed by atoms with Gasteiger partial charge in [0.1, 0.15) is 5.54 Å². The second-order valence-electron chi connectivity index (χ2n) is 8.11. The molecule has 1 amide bonds. The van der Waals surface area contributed by atoms with Crippen molar-refractivity contribution < 1.29 is 18.3 Å². The fraction of sp³-hybridized carbons (Fsp3) is 0.409. The maximum absolute atomic E-state index is 13.5. The number of nitrogens with two attached hydrogens (primary N) is 1. The lowest BCUT2D eigenvalue weighted by Gasteiger charge is -2.38. The molecule has 2 aromatic carbocycles. The highest BCUT2D eigenvalue weighted by molar-refractivity contribution is 7.89. The molecule has 0 aliphatic heterocycles. The molecule has 2 aromatic rings. The fourth-order valence-corrected chi connectivity index (χ4v) is 5.19. The molecule has 0 heterocycles. The minimum Gasteiger partial charge on any atom is -0.386 e. The summed E-state index contributed by atoms with van der Waals surface area (Å²) in [4.78, 5) is 12.5. The van der Waals surface area contributed by atoms with Gasteiger partial charge in [-0.2, -0.15) is 4.31 Å². The van der Waals surface area contributed by atoms with Crippen LogP contribution in [0, 0.1) is 0 Å². The van der Waals surface area contributed by atoms with E-state index in [-0.39, 0.29) is 17.9 Å². The molecular weight excluding hydrogens is 424 g/mol. The second-order valence-corrected chi connectivity index (χ2v) is 10.4. The zero-order valence-electron chi connectivity index (χ0n) is 17.7. The van der Waals surface area contributed by atoms with Crippen molar-refractivity contribution in [2.24, 2.45) is 5.73 Å². The first kappa shape index (κ1) is 24.3. The highest BCUT2D eigenvalue weighted by Gasteiger charge is 2.44.